The summed E-state index contributed by atoms with van der Waals surface area (Å²) in [5.74, 6) is -1.22. The molecular formula is C20H15Cl2F3N4O. The second-order valence-corrected chi connectivity index (χ2v) is 7.19. The molecule has 0 aliphatic rings. The van der Waals surface area contributed by atoms with E-state index in [9.17, 15) is 18.0 Å². The molecule has 1 aromatic heterocycles. The number of amides is 1. The molecule has 0 unspecified atom stereocenters. The number of carbonyl (C=O) groups excluding carboxylic acids is 1. The summed E-state index contributed by atoms with van der Waals surface area (Å²) < 4.78 is 40.9. The Kier molecular flexibility index (Phi) is 6.48. The lowest BCUT2D eigenvalue weighted by Crippen LogP contribution is -2.29. The summed E-state index contributed by atoms with van der Waals surface area (Å²) in [6.45, 7) is 0.134. The highest BCUT2D eigenvalue weighted by Crippen LogP contribution is 2.33. The zero-order chi connectivity index (χ0) is 21.9. The van der Waals surface area contributed by atoms with Crippen molar-refractivity contribution in [3.8, 4) is 0 Å². The van der Waals surface area contributed by atoms with Gasteiger partial charge in [0.1, 0.15) is 0 Å². The molecule has 156 valence electrons. The number of hydrogen-bond donors (Lipinski definition) is 1. The SMILES string of the molecule is CN(Cc1ccccc1)C(=O)c1cnc(Nc2cc(Cl)ccc2Cl)nc1C(F)(F)F. The van der Waals surface area contributed by atoms with Crippen LogP contribution in [0.4, 0.5) is 24.8 Å². The quantitative estimate of drug-likeness (QED) is 0.527. The molecule has 1 N–H and O–H groups in total. The number of nitrogens with one attached hydrogen (secondary N) is 1. The first-order valence-electron chi connectivity index (χ1n) is 8.61. The minimum Gasteiger partial charge on any atom is -0.337 e. The predicted octanol–water partition coefficient (Wildman–Crippen LogP) is 5.82. The summed E-state index contributed by atoms with van der Waals surface area (Å²) in [6, 6.07) is 13.3. The number of nitrogens with zero attached hydrogens (tertiary/aromatic N) is 3. The van der Waals surface area contributed by atoms with E-state index in [1.807, 2.05) is 0 Å². The lowest BCUT2D eigenvalue weighted by Gasteiger charge is -2.20. The number of anilines is 2. The second kappa shape index (κ2) is 8.89. The van der Waals surface area contributed by atoms with Crippen LogP contribution in [-0.2, 0) is 12.7 Å². The van der Waals surface area contributed by atoms with Crippen LogP contribution < -0.4 is 5.32 Å². The Labute approximate surface area is 180 Å². The minimum absolute atomic E-state index is 0.134. The third-order valence-corrected chi connectivity index (χ3v) is 4.64. The molecule has 0 radical (unpaired) electrons. The van der Waals surface area contributed by atoms with E-state index in [4.69, 9.17) is 23.2 Å². The molecule has 0 spiro atoms. The molecule has 30 heavy (non-hydrogen) atoms. The van der Waals surface area contributed by atoms with E-state index in [0.29, 0.717) is 5.02 Å². The Balaban J connectivity index is 1.91. The largest absolute Gasteiger partial charge is 0.434 e. The van der Waals surface area contributed by atoms with Gasteiger partial charge < -0.3 is 10.2 Å². The van der Waals surface area contributed by atoms with Crippen molar-refractivity contribution in [2.45, 2.75) is 12.7 Å². The highest BCUT2D eigenvalue weighted by atomic mass is 35.5. The molecule has 10 heteroatoms. The van der Waals surface area contributed by atoms with Crippen LogP contribution in [-0.4, -0.2) is 27.8 Å². The summed E-state index contributed by atoms with van der Waals surface area (Å²) in [6.07, 6.45) is -4.02. The topological polar surface area (TPSA) is 58.1 Å². The zero-order valence-corrected chi connectivity index (χ0v) is 17.1. The lowest BCUT2D eigenvalue weighted by molar-refractivity contribution is -0.141. The molecule has 0 atom stereocenters. The molecule has 1 heterocycles. The number of aromatic nitrogens is 2. The van der Waals surface area contributed by atoms with Crippen LogP contribution in [0.15, 0.2) is 54.7 Å². The van der Waals surface area contributed by atoms with Gasteiger partial charge in [-0.2, -0.15) is 13.2 Å². The Bertz CT molecular complexity index is 1060. The molecule has 3 aromatic rings. The number of benzene rings is 2. The Morgan fingerprint density at radius 1 is 1.13 bits per heavy atom. The van der Waals surface area contributed by atoms with Crippen molar-refractivity contribution in [3.05, 3.63) is 81.6 Å². The smallest absolute Gasteiger partial charge is 0.337 e. The van der Waals surface area contributed by atoms with Crippen molar-refractivity contribution >= 4 is 40.7 Å². The third kappa shape index (κ3) is 5.20. The van der Waals surface area contributed by atoms with Crippen molar-refractivity contribution in [1.29, 1.82) is 0 Å². The first-order chi connectivity index (χ1) is 14.1. The van der Waals surface area contributed by atoms with E-state index in [0.717, 1.165) is 11.8 Å². The Hall–Kier alpha value is -2.84. The zero-order valence-electron chi connectivity index (χ0n) is 15.5. The molecule has 0 fully saturated rings. The summed E-state index contributed by atoms with van der Waals surface area (Å²) >= 11 is 11.9. The first-order valence-corrected chi connectivity index (χ1v) is 9.36. The van der Waals surface area contributed by atoms with Gasteiger partial charge in [-0.15, -0.1) is 0 Å². The molecule has 0 saturated carbocycles. The van der Waals surface area contributed by atoms with Gasteiger partial charge in [0, 0.05) is 24.8 Å². The molecule has 0 bridgehead atoms. The number of rotatable bonds is 5. The van der Waals surface area contributed by atoms with E-state index >= 15 is 0 Å². The molecule has 5 nitrogen and oxygen atoms in total. The number of carbonyl (C=O) groups is 1. The number of alkyl halides is 3. The molecule has 0 aliphatic carbocycles. The molecular weight excluding hydrogens is 440 g/mol. The lowest BCUT2D eigenvalue weighted by atomic mass is 10.1. The van der Waals surface area contributed by atoms with Gasteiger partial charge in [-0.1, -0.05) is 53.5 Å². The highest BCUT2D eigenvalue weighted by Gasteiger charge is 2.38. The average Bonchev–Trinajstić information content (AvgIpc) is 2.70. The van der Waals surface area contributed by atoms with E-state index < -0.39 is 23.3 Å². The van der Waals surface area contributed by atoms with Crippen molar-refractivity contribution in [2.24, 2.45) is 0 Å². The summed E-state index contributed by atoms with van der Waals surface area (Å²) in [4.78, 5) is 21.2. The summed E-state index contributed by atoms with van der Waals surface area (Å²) in [5.41, 5.74) is -0.985. The number of halogens is 5. The summed E-state index contributed by atoms with van der Waals surface area (Å²) in [7, 11) is 1.41. The molecule has 2 aromatic carbocycles. The molecule has 3 rings (SSSR count). The van der Waals surface area contributed by atoms with Crippen molar-refractivity contribution < 1.29 is 18.0 Å². The second-order valence-electron chi connectivity index (χ2n) is 6.35. The van der Waals surface area contributed by atoms with Gasteiger partial charge in [-0.3, -0.25) is 4.79 Å². The van der Waals surface area contributed by atoms with Crippen molar-refractivity contribution in [3.63, 3.8) is 0 Å². The van der Waals surface area contributed by atoms with Gasteiger partial charge in [0.05, 0.1) is 16.3 Å². The number of hydrogen-bond acceptors (Lipinski definition) is 4. The van der Waals surface area contributed by atoms with Crippen LogP contribution in [0.25, 0.3) is 0 Å². The normalized spacial score (nSPS) is 11.3. The summed E-state index contributed by atoms with van der Waals surface area (Å²) in [5, 5.41) is 3.14. The fraction of sp³-hybridized carbons (Fsp3) is 0.150. The third-order valence-electron chi connectivity index (χ3n) is 4.07. The van der Waals surface area contributed by atoms with Crippen molar-refractivity contribution in [1.82, 2.24) is 14.9 Å². The highest BCUT2D eigenvalue weighted by molar-refractivity contribution is 6.35. The van der Waals surface area contributed by atoms with E-state index in [-0.39, 0.29) is 23.2 Å². The van der Waals surface area contributed by atoms with Gasteiger partial charge in [0.25, 0.3) is 5.91 Å². The fourth-order valence-electron chi connectivity index (χ4n) is 2.66. The fourth-order valence-corrected chi connectivity index (χ4v) is 3.00. The first kappa shape index (κ1) is 21.9. The maximum absolute atomic E-state index is 13.6. The van der Waals surface area contributed by atoms with Gasteiger partial charge in [-0.05, 0) is 23.8 Å². The van der Waals surface area contributed by atoms with Crippen molar-refractivity contribution in [2.75, 3.05) is 12.4 Å². The minimum atomic E-state index is -4.87. The van der Waals surface area contributed by atoms with Gasteiger partial charge in [0.15, 0.2) is 5.69 Å². The average molecular weight is 455 g/mol. The Morgan fingerprint density at radius 2 is 1.83 bits per heavy atom. The maximum atomic E-state index is 13.6. The van der Waals surface area contributed by atoms with Crippen LogP contribution in [0.2, 0.25) is 10.0 Å². The van der Waals surface area contributed by atoms with Crippen LogP contribution in [0.5, 0.6) is 0 Å². The standard InChI is InChI=1S/C20H15Cl2F3N4O/c1-29(11-12-5-3-2-4-6-12)18(30)14-10-26-19(28-17(14)20(23,24)25)27-16-9-13(21)7-8-15(16)22/h2-10H,11H2,1H3,(H,26,27,28). The molecule has 0 aliphatic heterocycles. The molecule has 1 amide bonds. The van der Waals surface area contributed by atoms with Gasteiger partial charge in [-0.25, -0.2) is 9.97 Å². The van der Waals surface area contributed by atoms with E-state index in [1.165, 1.54) is 30.1 Å². The molecule has 0 saturated heterocycles. The van der Waals surface area contributed by atoms with E-state index in [1.54, 1.807) is 30.3 Å². The Morgan fingerprint density at radius 3 is 2.50 bits per heavy atom. The van der Waals surface area contributed by atoms with Crippen LogP contribution in [0, 0.1) is 0 Å². The van der Waals surface area contributed by atoms with Crippen LogP contribution >= 0.6 is 23.2 Å². The van der Waals surface area contributed by atoms with Gasteiger partial charge in [0.2, 0.25) is 5.95 Å². The van der Waals surface area contributed by atoms with Gasteiger partial charge >= 0.3 is 6.18 Å². The monoisotopic (exact) mass is 454 g/mol. The van der Waals surface area contributed by atoms with E-state index in [2.05, 4.69) is 15.3 Å². The van der Waals surface area contributed by atoms with Crippen LogP contribution in [0.3, 0.4) is 0 Å². The predicted molar refractivity (Wildman–Crippen MR) is 109 cm³/mol. The van der Waals surface area contributed by atoms with Crippen LogP contribution in [0.1, 0.15) is 21.6 Å². The maximum Gasteiger partial charge on any atom is 0.434 e.